The quantitative estimate of drug-likeness (QED) is 0.855. The van der Waals surface area contributed by atoms with Gasteiger partial charge in [0.1, 0.15) is 5.82 Å². The predicted molar refractivity (Wildman–Crippen MR) is 72.0 cm³/mol. The summed E-state index contributed by atoms with van der Waals surface area (Å²) in [6.07, 6.45) is 5.03. The van der Waals surface area contributed by atoms with E-state index in [-0.39, 0.29) is 5.82 Å². The molecule has 1 aliphatic carbocycles. The average Bonchev–Trinajstić information content (AvgIpc) is 2.77. The molecule has 1 aromatic carbocycles. The molecule has 0 amide bonds. The summed E-state index contributed by atoms with van der Waals surface area (Å²) in [5.41, 5.74) is 0. The minimum absolute atomic E-state index is 0.151. The summed E-state index contributed by atoms with van der Waals surface area (Å²) < 4.78 is 12.8. The second kappa shape index (κ2) is 6.41. The number of hydrogen-bond donors (Lipinski definition) is 1. The highest BCUT2D eigenvalue weighted by molar-refractivity contribution is 8.00. The van der Waals surface area contributed by atoms with Crippen molar-refractivity contribution in [2.75, 3.05) is 6.54 Å². The van der Waals surface area contributed by atoms with Crippen LogP contribution in [-0.2, 0) is 0 Å². The predicted octanol–water partition coefficient (Wildman–Crippen LogP) is 3.84. The molecule has 17 heavy (non-hydrogen) atoms. The van der Waals surface area contributed by atoms with Crippen molar-refractivity contribution in [1.29, 1.82) is 0 Å². The van der Waals surface area contributed by atoms with E-state index in [1.54, 1.807) is 12.1 Å². The molecule has 94 valence electrons. The molecular weight excluding hydrogens is 233 g/mol. The van der Waals surface area contributed by atoms with Crippen LogP contribution >= 0.6 is 11.8 Å². The van der Waals surface area contributed by atoms with Gasteiger partial charge in [-0.1, -0.05) is 13.3 Å². The Hall–Kier alpha value is -0.540. The summed E-state index contributed by atoms with van der Waals surface area (Å²) in [4.78, 5) is 1.18. The van der Waals surface area contributed by atoms with E-state index in [9.17, 15) is 4.39 Å². The van der Waals surface area contributed by atoms with Crippen LogP contribution < -0.4 is 5.32 Å². The lowest BCUT2D eigenvalue weighted by Crippen LogP contribution is -2.34. The minimum Gasteiger partial charge on any atom is -0.313 e. The topological polar surface area (TPSA) is 12.0 Å². The van der Waals surface area contributed by atoms with Crippen molar-refractivity contribution >= 4 is 11.8 Å². The number of nitrogens with one attached hydrogen (secondary N) is 1. The van der Waals surface area contributed by atoms with Crippen LogP contribution in [0.4, 0.5) is 4.39 Å². The second-order valence-electron chi connectivity index (χ2n) is 4.60. The van der Waals surface area contributed by atoms with E-state index in [1.807, 2.05) is 23.9 Å². The Kier molecular flexibility index (Phi) is 4.86. The Labute approximate surface area is 107 Å². The lowest BCUT2D eigenvalue weighted by atomic mass is 10.2. The molecule has 0 aromatic heterocycles. The minimum atomic E-state index is -0.151. The summed E-state index contributed by atoms with van der Waals surface area (Å²) in [6, 6.07) is 7.49. The van der Waals surface area contributed by atoms with Crippen LogP contribution in [0.5, 0.6) is 0 Å². The highest BCUT2D eigenvalue weighted by atomic mass is 32.2. The van der Waals surface area contributed by atoms with E-state index < -0.39 is 0 Å². The van der Waals surface area contributed by atoms with Gasteiger partial charge < -0.3 is 5.32 Å². The molecule has 0 spiro atoms. The molecule has 0 bridgehead atoms. The van der Waals surface area contributed by atoms with Crippen LogP contribution in [0.25, 0.3) is 0 Å². The molecule has 2 atom stereocenters. The smallest absolute Gasteiger partial charge is 0.123 e. The van der Waals surface area contributed by atoms with Crippen molar-refractivity contribution in [1.82, 2.24) is 5.32 Å². The molecule has 0 radical (unpaired) electrons. The molecule has 1 nitrogen and oxygen atoms in total. The van der Waals surface area contributed by atoms with E-state index in [4.69, 9.17) is 0 Å². The summed E-state index contributed by atoms with van der Waals surface area (Å²) in [5.74, 6) is -0.151. The Morgan fingerprint density at radius 2 is 2.06 bits per heavy atom. The maximum absolute atomic E-state index is 12.8. The molecule has 1 saturated carbocycles. The molecular formula is C14H20FNS. The Bertz CT molecular complexity index is 339. The van der Waals surface area contributed by atoms with Crippen molar-refractivity contribution in [2.45, 2.75) is 48.8 Å². The maximum atomic E-state index is 12.8. The van der Waals surface area contributed by atoms with Crippen molar-refractivity contribution in [3.63, 3.8) is 0 Å². The zero-order valence-electron chi connectivity index (χ0n) is 10.3. The SMILES string of the molecule is CCCNC1CCCC1Sc1ccc(F)cc1. The first-order chi connectivity index (χ1) is 8.29. The van der Waals surface area contributed by atoms with E-state index in [0.717, 1.165) is 6.54 Å². The fraction of sp³-hybridized carbons (Fsp3) is 0.571. The van der Waals surface area contributed by atoms with Gasteiger partial charge in [0, 0.05) is 16.2 Å². The summed E-state index contributed by atoms with van der Waals surface area (Å²) in [6.45, 7) is 3.30. The van der Waals surface area contributed by atoms with E-state index in [0.29, 0.717) is 11.3 Å². The van der Waals surface area contributed by atoms with Crippen LogP contribution in [-0.4, -0.2) is 17.8 Å². The van der Waals surface area contributed by atoms with Gasteiger partial charge in [0.25, 0.3) is 0 Å². The normalized spacial score (nSPS) is 24.1. The molecule has 1 aliphatic rings. The lowest BCUT2D eigenvalue weighted by molar-refractivity contribution is 0.531. The van der Waals surface area contributed by atoms with Gasteiger partial charge in [0.15, 0.2) is 0 Å². The largest absolute Gasteiger partial charge is 0.313 e. The van der Waals surface area contributed by atoms with E-state index in [2.05, 4.69) is 12.2 Å². The third-order valence-corrected chi connectivity index (χ3v) is 4.62. The van der Waals surface area contributed by atoms with Crippen LogP contribution in [0.2, 0.25) is 0 Å². The first-order valence-corrected chi connectivity index (χ1v) is 7.33. The van der Waals surface area contributed by atoms with Gasteiger partial charge in [-0.15, -0.1) is 11.8 Å². The molecule has 3 heteroatoms. The van der Waals surface area contributed by atoms with E-state index >= 15 is 0 Å². The highest BCUT2D eigenvalue weighted by Gasteiger charge is 2.27. The van der Waals surface area contributed by atoms with Crippen molar-refractivity contribution in [2.24, 2.45) is 0 Å². The molecule has 1 fully saturated rings. The second-order valence-corrected chi connectivity index (χ2v) is 5.91. The molecule has 2 unspecified atom stereocenters. The molecule has 0 aliphatic heterocycles. The maximum Gasteiger partial charge on any atom is 0.123 e. The van der Waals surface area contributed by atoms with Gasteiger partial charge in [-0.25, -0.2) is 4.39 Å². The molecule has 0 saturated heterocycles. The van der Waals surface area contributed by atoms with Crippen LogP contribution in [0.15, 0.2) is 29.2 Å². The molecule has 1 N–H and O–H groups in total. The van der Waals surface area contributed by atoms with Crippen LogP contribution in [0.1, 0.15) is 32.6 Å². The van der Waals surface area contributed by atoms with Gasteiger partial charge in [0.2, 0.25) is 0 Å². The number of rotatable bonds is 5. The van der Waals surface area contributed by atoms with E-state index in [1.165, 1.54) is 30.6 Å². The number of halogens is 1. The zero-order chi connectivity index (χ0) is 12.1. The van der Waals surface area contributed by atoms with Gasteiger partial charge in [-0.05, 0) is 50.1 Å². The standard InChI is InChI=1S/C14H20FNS/c1-2-10-16-13-4-3-5-14(13)17-12-8-6-11(15)7-9-12/h6-9,13-14,16H,2-5,10H2,1H3. The van der Waals surface area contributed by atoms with Crippen molar-refractivity contribution in [3.8, 4) is 0 Å². The van der Waals surface area contributed by atoms with Crippen LogP contribution in [0.3, 0.4) is 0 Å². The molecule has 2 rings (SSSR count). The Morgan fingerprint density at radius 3 is 2.76 bits per heavy atom. The number of benzene rings is 1. The third-order valence-electron chi connectivity index (χ3n) is 3.21. The van der Waals surface area contributed by atoms with Crippen molar-refractivity contribution in [3.05, 3.63) is 30.1 Å². The van der Waals surface area contributed by atoms with Crippen molar-refractivity contribution < 1.29 is 4.39 Å². The number of hydrogen-bond acceptors (Lipinski definition) is 2. The summed E-state index contributed by atoms with van der Waals surface area (Å²) in [7, 11) is 0. The van der Waals surface area contributed by atoms with Gasteiger partial charge in [-0.2, -0.15) is 0 Å². The molecule has 0 heterocycles. The number of thioether (sulfide) groups is 1. The van der Waals surface area contributed by atoms with Gasteiger partial charge in [0.05, 0.1) is 0 Å². The first-order valence-electron chi connectivity index (χ1n) is 6.45. The van der Waals surface area contributed by atoms with Gasteiger partial charge >= 0.3 is 0 Å². The first kappa shape index (κ1) is 12.9. The summed E-state index contributed by atoms with van der Waals surface area (Å²) in [5, 5.41) is 4.26. The monoisotopic (exact) mass is 253 g/mol. The van der Waals surface area contributed by atoms with Gasteiger partial charge in [-0.3, -0.25) is 0 Å². The Morgan fingerprint density at radius 1 is 1.29 bits per heavy atom. The molecule has 1 aromatic rings. The third kappa shape index (κ3) is 3.71. The summed E-state index contributed by atoms with van der Waals surface area (Å²) >= 11 is 1.89. The van der Waals surface area contributed by atoms with Crippen LogP contribution in [0, 0.1) is 5.82 Å². The fourth-order valence-electron chi connectivity index (χ4n) is 2.32. The lowest BCUT2D eigenvalue weighted by Gasteiger charge is -2.20. The Balaban J connectivity index is 1.90. The fourth-order valence-corrected chi connectivity index (χ4v) is 3.64. The average molecular weight is 253 g/mol. The highest BCUT2D eigenvalue weighted by Crippen LogP contribution is 2.35. The zero-order valence-corrected chi connectivity index (χ0v) is 11.1.